The molecule has 1 unspecified atom stereocenters. The second-order valence-electron chi connectivity index (χ2n) is 11.5. The van der Waals surface area contributed by atoms with Gasteiger partial charge >= 0.3 is 5.97 Å². The fourth-order valence-corrected chi connectivity index (χ4v) is 5.19. The van der Waals surface area contributed by atoms with E-state index in [4.69, 9.17) is 19.2 Å². The van der Waals surface area contributed by atoms with E-state index in [2.05, 4.69) is 5.32 Å². The van der Waals surface area contributed by atoms with Gasteiger partial charge in [-0.3, -0.25) is 4.79 Å². The molecule has 0 spiro atoms. The van der Waals surface area contributed by atoms with Crippen molar-refractivity contribution in [3.05, 3.63) is 0 Å². The van der Waals surface area contributed by atoms with E-state index in [1.807, 2.05) is 0 Å². The number of ether oxygens (including phenoxy) is 1. The Balaban J connectivity index is 1.64. The SMILES string of the molecule is COCC(O)CNCCCCCCCCCCCCCCCCCCCCCCCCCC(=O)ON1OCCO1. The van der Waals surface area contributed by atoms with Gasteiger partial charge in [-0.25, -0.2) is 9.68 Å². The van der Waals surface area contributed by atoms with Crippen molar-refractivity contribution in [1.29, 1.82) is 0 Å². The van der Waals surface area contributed by atoms with Gasteiger partial charge in [0, 0.05) is 20.1 Å². The Bertz CT molecular complexity index is 534. The molecule has 1 fully saturated rings. The second kappa shape index (κ2) is 29.7. The van der Waals surface area contributed by atoms with E-state index in [9.17, 15) is 9.90 Å². The van der Waals surface area contributed by atoms with Crippen LogP contribution in [-0.2, 0) is 24.0 Å². The summed E-state index contributed by atoms with van der Waals surface area (Å²) >= 11 is 0. The molecule has 1 aliphatic heterocycles. The van der Waals surface area contributed by atoms with E-state index >= 15 is 0 Å². The summed E-state index contributed by atoms with van der Waals surface area (Å²) in [5.41, 5.74) is 0. The van der Waals surface area contributed by atoms with Gasteiger partial charge in [-0.2, -0.15) is 0 Å². The minimum absolute atomic E-state index is 0.284. The molecule has 1 saturated heterocycles. The molecule has 1 rings (SSSR count). The van der Waals surface area contributed by atoms with Crippen LogP contribution in [-0.4, -0.2) is 62.6 Å². The number of nitrogens with one attached hydrogen (secondary N) is 1. The van der Waals surface area contributed by atoms with Crippen LogP contribution in [0.1, 0.15) is 154 Å². The number of aliphatic hydroxyl groups excluding tert-OH is 1. The van der Waals surface area contributed by atoms with Gasteiger partial charge in [-0.05, 0) is 19.4 Å². The number of carbonyl (C=O) groups excluding carboxylic acids is 1. The van der Waals surface area contributed by atoms with Gasteiger partial charge in [-0.1, -0.05) is 135 Å². The highest BCUT2D eigenvalue weighted by Gasteiger charge is 2.18. The monoisotopic (exact) mass is 572 g/mol. The van der Waals surface area contributed by atoms with Crippen molar-refractivity contribution in [2.24, 2.45) is 0 Å². The molecule has 0 aromatic heterocycles. The van der Waals surface area contributed by atoms with Crippen molar-refractivity contribution < 1.29 is 29.2 Å². The average Bonchev–Trinajstić information content (AvgIpc) is 3.45. The highest BCUT2D eigenvalue weighted by atomic mass is 17.2. The summed E-state index contributed by atoms with van der Waals surface area (Å²) < 4.78 is 4.92. The predicted molar refractivity (Wildman–Crippen MR) is 161 cm³/mol. The fourth-order valence-electron chi connectivity index (χ4n) is 5.19. The molecule has 0 aromatic carbocycles. The van der Waals surface area contributed by atoms with E-state index < -0.39 is 0 Å². The number of nitrogens with zero attached hydrogens (tertiary/aromatic N) is 1. The van der Waals surface area contributed by atoms with Gasteiger partial charge < -0.3 is 20.0 Å². The molecule has 0 bridgehead atoms. The number of rotatable bonds is 31. The normalized spacial score (nSPS) is 14.7. The molecule has 0 saturated carbocycles. The van der Waals surface area contributed by atoms with Gasteiger partial charge in [0.2, 0.25) is 0 Å². The summed E-state index contributed by atoms with van der Waals surface area (Å²) in [7, 11) is 1.62. The third kappa shape index (κ3) is 26.1. The van der Waals surface area contributed by atoms with Crippen LogP contribution < -0.4 is 5.32 Å². The van der Waals surface area contributed by atoms with E-state index in [0.29, 0.717) is 32.8 Å². The lowest BCUT2D eigenvalue weighted by molar-refractivity contribution is -0.460. The quantitative estimate of drug-likeness (QED) is 0.0822. The van der Waals surface area contributed by atoms with Gasteiger partial charge in [0.05, 0.1) is 12.7 Å². The number of unbranched alkanes of at least 4 members (excludes halogenated alkanes) is 22. The molecule has 0 radical (unpaired) electrons. The first kappa shape index (κ1) is 37.3. The molecule has 0 aromatic rings. The van der Waals surface area contributed by atoms with E-state index in [1.54, 1.807) is 7.11 Å². The Labute approximate surface area is 246 Å². The maximum Gasteiger partial charge on any atom is 0.330 e. The molecule has 40 heavy (non-hydrogen) atoms. The molecular formula is C32H64N2O6. The average molecular weight is 573 g/mol. The summed E-state index contributed by atoms with van der Waals surface area (Å²) in [5, 5.41) is 13.7. The largest absolute Gasteiger partial charge is 0.389 e. The molecule has 238 valence electrons. The minimum Gasteiger partial charge on any atom is -0.389 e. The number of hydrogen-bond donors (Lipinski definition) is 2. The lowest BCUT2D eigenvalue weighted by Gasteiger charge is -2.10. The van der Waals surface area contributed by atoms with Gasteiger partial charge in [-0.15, -0.1) is 0 Å². The Kier molecular flexibility index (Phi) is 27.7. The standard InChI is InChI=1S/C32H64N2O6/c1-37-30-31(35)29-33-26-24-22-20-18-16-14-12-10-8-6-4-2-3-5-7-9-11-13-15-17-19-21-23-25-32(36)40-34-38-27-28-39-34/h31,33,35H,2-30H2,1H3. The highest BCUT2D eigenvalue weighted by molar-refractivity contribution is 5.68. The van der Waals surface area contributed by atoms with Gasteiger partial charge in [0.1, 0.15) is 18.6 Å². The summed E-state index contributed by atoms with van der Waals surface area (Å²) in [6.45, 7) is 2.90. The van der Waals surface area contributed by atoms with Crippen molar-refractivity contribution in [1.82, 2.24) is 10.7 Å². The molecule has 8 heteroatoms. The summed E-state index contributed by atoms with van der Waals surface area (Å²) in [4.78, 5) is 26.4. The minimum atomic E-state index is -0.384. The van der Waals surface area contributed by atoms with Gasteiger partial charge in [0.25, 0.3) is 0 Å². The van der Waals surface area contributed by atoms with E-state index in [0.717, 1.165) is 24.8 Å². The zero-order valence-corrected chi connectivity index (χ0v) is 26.0. The van der Waals surface area contributed by atoms with Crippen LogP contribution in [0.5, 0.6) is 0 Å². The number of hydrogen-bond acceptors (Lipinski definition) is 8. The smallest absolute Gasteiger partial charge is 0.330 e. The third-order valence-corrected chi connectivity index (χ3v) is 7.63. The van der Waals surface area contributed by atoms with Crippen LogP contribution >= 0.6 is 0 Å². The summed E-state index contributed by atoms with van der Waals surface area (Å²) in [5.74, 6) is -0.284. The molecule has 2 N–H and O–H groups in total. The summed E-state index contributed by atoms with van der Waals surface area (Å²) in [6.07, 6.45) is 30.7. The lowest BCUT2D eigenvalue weighted by atomic mass is 10.0. The Morgan fingerprint density at radius 1 is 0.675 bits per heavy atom. The van der Waals surface area contributed by atoms with Gasteiger partial charge in [0.15, 0.2) is 0 Å². The molecule has 1 heterocycles. The summed E-state index contributed by atoms with van der Waals surface area (Å²) in [6, 6.07) is 0. The molecule has 0 amide bonds. The van der Waals surface area contributed by atoms with Crippen LogP contribution in [0.15, 0.2) is 0 Å². The fraction of sp³-hybridized carbons (Fsp3) is 0.969. The zero-order valence-electron chi connectivity index (χ0n) is 26.0. The maximum absolute atomic E-state index is 11.6. The van der Waals surface area contributed by atoms with Crippen LogP contribution in [0.25, 0.3) is 0 Å². The topological polar surface area (TPSA) is 89.5 Å². The van der Waals surface area contributed by atoms with Crippen molar-refractivity contribution in [2.45, 2.75) is 160 Å². The maximum atomic E-state index is 11.6. The third-order valence-electron chi connectivity index (χ3n) is 7.63. The molecule has 8 nitrogen and oxygen atoms in total. The first-order chi connectivity index (χ1) is 19.7. The lowest BCUT2D eigenvalue weighted by Crippen LogP contribution is -2.30. The van der Waals surface area contributed by atoms with Crippen molar-refractivity contribution >= 4 is 5.97 Å². The Morgan fingerprint density at radius 3 is 1.45 bits per heavy atom. The number of aliphatic hydroxyl groups is 1. The van der Waals surface area contributed by atoms with Crippen LogP contribution in [0.3, 0.4) is 0 Å². The Hall–Kier alpha value is -0.770. The van der Waals surface area contributed by atoms with Crippen molar-refractivity contribution in [3.8, 4) is 0 Å². The predicted octanol–water partition coefficient (Wildman–Crippen LogP) is 7.58. The first-order valence-electron chi connectivity index (χ1n) is 16.9. The van der Waals surface area contributed by atoms with Crippen LogP contribution in [0.2, 0.25) is 0 Å². The van der Waals surface area contributed by atoms with E-state index in [1.165, 1.54) is 135 Å². The molecule has 0 aliphatic carbocycles. The Morgan fingerprint density at radius 2 is 1.05 bits per heavy atom. The van der Waals surface area contributed by atoms with Crippen LogP contribution in [0, 0.1) is 0 Å². The second-order valence-corrected chi connectivity index (χ2v) is 11.5. The zero-order chi connectivity index (χ0) is 28.8. The van der Waals surface area contributed by atoms with E-state index in [-0.39, 0.29) is 12.1 Å². The molecule has 1 aliphatic rings. The number of methoxy groups -OCH3 is 1. The van der Waals surface area contributed by atoms with Crippen molar-refractivity contribution in [2.75, 3.05) is 40.0 Å². The highest BCUT2D eigenvalue weighted by Crippen LogP contribution is 2.16. The molecular weight excluding hydrogens is 508 g/mol. The molecule has 1 atom stereocenters. The van der Waals surface area contributed by atoms with Crippen LogP contribution in [0.4, 0.5) is 0 Å². The first-order valence-corrected chi connectivity index (χ1v) is 16.9. The van der Waals surface area contributed by atoms with Crippen molar-refractivity contribution in [3.63, 3.8) is 0 Å². The number of carbonyl (C=O) groups is 1.